The highest BCUT2D eigenvalue weighted by molar-refractivity contribution is 5.91. The molecule has 144 valence electrons. The fourth-order valence-electron chi connectivity index (χ4n) is 2.55. The SMILES string of the molecule is COc1ccc(-c2noc(CN(C)C(=O)/C=C/c3ccccc3)n2)c(OC)c1. The van der Waals surface area contributed by atoms with Crippen LogP contribution in [0.1, 0.15) is 11.5 Å². The molecule has 2 aromatic carbocycles. The van der Waals surface area contributed by atoms with Crippen LogP contribution in [0.2, 0.25) is 0 Å². The molecule has 0 bridgehead atoms. The fraction of sp³-hybridized carbons (Fsp3) is 0.190. The van der Waals surface area contributed by atoms with Crippen molar-refractivity contribution in [1.29, 1.82) is 0 Å². The number of nitrogens with zero attached hydrogens (tertiary/aromatic N) is 3. The van der Waals surface area contributed by atoms with Gasteiger partial charge in [-0.25, -0.2) is 0 Å². The van der Waals surface area contributed by atoms with E-state index < -0.39 is 0 Å². The predicted molar refractivity (Wildman–Crippen MR) is 105 cm³/mol. The van der Waals surface area contributed by atoms with Gasteiger partial charge in [-0.3, -0.25) is 4.79 Å². The lowest BCUT2D eigenvalue weighted by molar-refractivity contribution is -0.125. The summed E-state index contributed by atoms with van der Waals surface area (Å²) in [6, 6.07) is 14.9. The second-order valence-corrected chi connectivity index (χ2v) is 6.02. The highest BCUT2D eigenvalue weighted by Gasteiger charge is 2.16. The minimum atomic E-state index is -0.161. The molecule has 1 aromatic heterocycles. The van der Waals surface area contributed by atoms with Gasteiger partial charge in [-0.2, -0.15) is 4.98 Å². The summed E-state index contributed by atoms with van der Waals surface area (Å²) in [5, 5.41) is 3.99. The third-order valence-corrected chi connectivity index (χ3v) is 4.08. The van der Waals surface area contributed by atoms with E-state index >= 15 is 0 Å². The van der Waals surface area contributed by atoms with E-state index in [1.54, 1.807) is 45.5 Å². The number of benzene rings is 2. The lowest BCUT2D eigenvalue weighted by Gasteiger charge is -2.11. The van der Waals surface area contributed by atoms with Gasteiger partial charge in [0, 0.05) is 19.2 Å². The van der Waals surface area contributed by atoms with Gasteiger partial charge >= 0.3 is 0 Å². The maximum absolute atomic E-state index is 12.3. The normalized spacial score (nSPS) is 10.8. The number of carbonyl (C=O) groups is 1. The first-order valence-electron chi connectivity index (χ1n) is 8.64. The van der Waals surface area contributed by atoms with Crippen LogP contribution >= 0.6 is 0 Å². The van der Waals surface area contributed by atoms with Crippen molar-refractivity contribution >= 4 is 12.0 Å². The number of aromatic nitrogens is 2. The topological polar surface area (TPSA) is 77.7 Å². The number of rotatable bonds is 7. The molecule has 7 nitrogen and oxygen atoms in total. The van der Waals surface area contributed by atoms with Crippen LogP contribution < -0.4 is 9.47 Å². The minimum Gasteiger partial charge on any atom is -0.497 e. The number of carbonyl (C=O) groups excluding carboxylic acids is 1. The van der Waals surface area contributed by atoms with Gasteiger partial charge in [-0.1, -0.05) is 35.5 Å². The summed E-state index contributed by atoms with van der Waals surface area (Å²) in [5.41, 5.74) is 1.63. The van der Waals surface area contributed by atoms with Crippen LogP contribution in [0.15, 0.2) is 59.1 Å². The Bertz CT molecular complexity index is 967. The van der Waals surface area contributed by atoms with Gasteiger partial charge in [0.15, 0.2) is 0 Å². The van der Waals surface area contributed by atoms with Gasteiger partial charge in [-0.15, -0.1) is 0 Å². The zero-order valence-electron chi connectivity index (χ0n) is 16.0. The van der Waals surface area contributed by atoms with Gasteiger partial charge in [0.2, 0.25) is 17.6 Å². The molecule has 0 aliphatic carbocycles. The molecule has 1 heterocycles. The maximum atomic E-state index is 12.3. The summed E-state index contributed by atoms with van der Waals surface area (Å²) in [6.07, 6.45) is 3.28. The lowest BCUT2D eigenvalue weighted by atomic mass is 10.2. The quantitative estimate of drug-likeness (QED) is 0.586. The molecule has 0 aliphatic heterocycles. The molecule has 0 spiro atoms. The van der Waals surface area contributed by atoms with Crippen molar-refractivity contribution in [2.45, 2.75) is 6.54 Å². The molecular weight excluding hydrogens is 358 g/mol. The first-order valence-corrected chi connectivity index (χ1v) is 8.64. The average molecular weight is 379 g/mol. The molecule has 7 heteroatoms. The van der Waals surface area contributed by atoms with Crippen LogP contribution in [-0.2, 0) is 11.3 Å². The Kier molecular flexibility index (Phi) is 6.06. The standard InChI is InChI=1S/C21H21N3O4/c1-24(20(25)12-9-15-7-5-4-6-8-15)14-19-22-21(23-28-19)17-11-10-16(26-2)13-18(17)27-3/h4-13H,14H2,1-3H3/b12-9+. The van der Waals surface area contributed by atoms with Crippen molar-refractivity contribution in [1.82, 2.24) is 15.0 Å². The number of hydrogen-bond acceptors (Lipinski definition) is 6. The Hall–Kier alpha value is -3.61. The number of amides is 1. The number of methoxy groups -OCH3 is 2. The van der Waals surface area contributed by atoms with Crippen molar-refractivity contribution in [3.05, 3.63) is 66.1 Å². The second-order valence-electron chi connectivity index (χ2n) is 6.02. The van der Waals surface area contributed by atoms with Crippen molar-refractivity contribution in [3.63, 3.8) is 0 Å². The molecule has 0 saturated heterocycles. The molecular formula is C21H21N3O4. The molecule has 0 unspecified atom stereocenters. The number of hydrogen-bond donors (Lipinski definition) is 0. The van der Waals surface area contributed by atoms with E-state index in [0.29, 0.717) is 28.8 Å². The van der Waals surface area contributed by atoms with Crippen LogP contribution in [0.5, 0.6) is 11.5 Å². The highest BCUT2D eigenvalue weighted by Crippen LogP contribution is 2.31. The van der Waals surface area contributed by atoms with E-state index in [1.807, 2.05) is 30.3 Å². The first-order chi connectivity index (χ1) is 13.6. The first kappa shape index (κ1) is 19.2. The van der Waals surface area contributed by atoms with Crippen molar-refractivity contribution in [3.8, 4) is 22.9 Å². The van der Waals surface area contributed by atoms with Gasteiger partial charge in [0.05, 0.1) is 26.3 Å². The molecule has 1 amide bonds. The molecule has 0 aliphatic rings. The zero-order chi connectivity index (χ0) is 19.9. The summed E-state index contributed by atoms with van der Waals surface area (Å²) >= 11 is 0. The summed E-state index contributed by atoms with van der Waals surface area (Å²) in [4.78, 5) is 18.2. The Labute approximate surface area is 163 Å². The van der Waals surface area contributed by atoms with Crippen LogP contribution in [0, 0.1) is 0 Å². The average Bonchev–Trinajstić information content (AvgIpc) is 3.20. The van der Waals surface area contributed by atoms with Crippen LogP contribution in [0.25, 0.3) is 17.5 Å². The van der Waals surface area contributed by atoms with Crippen LogP contribution in [0.3, 0.4) is 0 Å². The number of likely N-dealkylation sites (N-methyl/N-ethyl adjacent to an activating group) is 1. The molecule has 0 atom stereocenters. The predicted octanol–water partition coefficient (Wildman–Crippen LogP) is 3.43. The summed E-state index contributed by atoms with van der Waals surface area (Å²) < 4.78 is 15.9. The Morgan fingerprint density at radius 3 is 2.64 bits per heavy atom. The third-order valence-electron chi connectivity index (χ3n) is 4.08. The van der Waals surface area contributed by atoms with E-state index in [-0.39, 0.29) is 12.5 Å². The summed E-state index contributed by atoms with van der Waals surface area (Å²) in [5.74, 6) is 1.79. The Balaban J connectivity index is 1.69. The molecule has 0 radical (unpaired) electrons. The van der Waals surface area contributed by atoms with E-state index in [0.717, 1.165) is 5.56 Å². The molecule has 0 N–H and O–H groups in total. The van der Waals surface area contributed by atoms with Gasteiger partial charge in [0.25, 0.3) is 0 Å². The van der Waals surface area contributed by atoms with Gasteiger partial charge < -0.3 is 18.9 Å². The van der Waals surface area contributed by atoms with Gasteiger partial charge in [-0.05, 0) is 23.8 Å². The maximum Gasteiger partial charge on any atom is 0.246 e. The monoisotopic (exact) mass is 379 g/mol. The highest BCUT2D eigenvalue weighted by atomic mass is 16.5. The Morgan fingerprint density at radius 1 is 1.14 bits per heavy atom. The largest absolute Gasteiger partial charge is 0.497 e. The lowest BCUT2D eigenvalue weighted by Crippen LogP contribution is -2.24. The number of ether oxygens (including phenoxy) is 2. The van der Waals surface area contributed by atoms with E-state index in [9.17, 15) is 4.79 Å². The summed E-state index contributed by atoms with van der Waals surface area (Å²) in [7, 11) is 4.82. The van der Waals surface area contributed by atoms with Crippen LogP contribution in [-0.4, -0.2) is 42.2 Å². The summed E-state index contributed by atoms with van der Waals surface area (Å²) in [6.45, 7) is 0.198. The van der Waals surface area contributed by atoms with E-state index in [4.69, 9.17) is 14.0 Å². The molecule has 3 rings (SSSR count). The van der Waals surface area contributed by atoms with E-state index in [1.165, 1.54) is 11.0 Å². The molecule has 28 heavy (non-hydrogen) atoms. The van der Waals surface area contributed by atoms with Crippen molar-refractivity contribution in [2.75, 3.05) is 21.3 Å². The molecule has 3 aromatic rings. The molecule has 0 saturated carbocycles. The third kappa shape index (κ3) is 4.56. The van der Waals surface area contributed by atoms with Crippen molar-refractivity contribution < 1.29 is 18.8 Å². The van der Waals surface area contributed by atoms with E-state index in [2.05, 4.69) is 10.1 Å². The smallest absolute Gasteiger partial charge is 0.246 e. The zero-order valence-corrected chi connectivity index (χ0v) is 16.0. The minimum absolute atomic E-state index is 0.161. The van der Waals surface area contributed by atoms with Crippen molar-refractivity contribution in [2.24, 2.45) is 0 Å². The molecule has 0 fully saturated rings. The van der Waals surface area contributed by atoms with Crippen LogP contribution in [0.4, 0.5) is 0 Å². The fourth-order valence-corrected chi connectivity index (χ4v) is 2.55. The van der Waals surface area contributed by atoms with Gasteiger partial charge in [0.1, 0.15) is 11.5 Å². The Morgan fingerprint density at radius 2 is 1.93 bits per heavy atom. The second kappa shape index (κ2) is 8.85.